The Bertz CT molecular complexity index is 2190. The average molecular weight is 718 g/mol. The van der Waals surface area contributed by atoms with Crippen LogP contribution in [0.25, 0.3) is 21.5 Å². The van der Waals surface area contributed by atoms with E-state index in [0.29, 0.717) is 26.1 Å². The molecule has 0 saturated carbocycles. The molecule has 2 atom stereocenters. The number of quaternary nitrogens is 1. The van der Waals surface area contributed by atoms with E-state index >= 15 is 0 Å². The third-order valence-corrected chi connectivity index (χ3v) is 12.3. The summed E-state index contributed by atoms with van der Waals surface area (Å²) in [7, 11) is -8.06. The second-order valence-corrected chi connectivity index (χ2v) is 17.6. The summed E-state index contributed by atoms with van der Waals surface area (Å²) in [5, 5.41) is 4.64. The maximum absolute atomic E-state index is 12.5. The van der Waals surface area contributed by atoms with Gasteiger partial charge in [-0.2, -0.15) is 18.2 Å². The van der Waals surface area contributed by atoms with E-state index in [2.05, 4.69) is 105 Å². The highest BCUT2D eigenvalue weighted by atomic mass is 32.2. The first-order chi connectivity index (χ1) is 23.7. The Labute approximate surface area is 296 Å². The van der Waals surface area contributed by atoms with Crippen molar-refractivity contribution in [3.05, 3.63) is 108 Å². The fourth-order valence-corrected chi connectivity index (χ4v) is 9.56. The molecule has 50 heavy (non-hydrogen) atoms. The van der Waals surface area contributed by atoms with E-state index in [9.17, 15) is 21.4 Å². The van der Waals surface area contributed by atoms with Crippen LogP contribution >= 0.6 is 0 Å². The highest BCUT2D eigenvalue weighted by molar-refractivity contribution is 7.86. The molecule has 2 N–H and O–H groups in total. The minimum absolute atomic E-state index is 0.0379. The number of allylic oxidation sites excluding steroid dienone is 3. The first-order valence-electron chi connectivity index (χ1n) is 17.3. The van der Waals surface area contributed by atoms with Gasteiger partial charge in [-0.15, -0.1) is 0 Å². The van der Waals surface area contributed by atoms with Gasteiger partial charge in [0, 0.05) is 53.7 Å². The van der Waals surface area contributed by atoms with Gasteiger partial charge in [0.25, 0.3) is 10.1 Å². The van der Waals surface area contributed by atoms with Gasteiger partial charge in [-0.05, 0) is 71.7 Å². The molecule has 0 fully saturated rings. The molecule has 2 aliphatic heterocycles. The summed E-state index contributed by atoms with van der Waals surface area (Å²) in [5.41, 5.74) is 7.45. The number of fused-ring (bicyclic) bond motifs is 6. The zero-order valence-corrected chi connectivity index (χ0v) is 31.0. The predicted octanol–water partition coefficient (Wildman–Crippen LogP) is 5.60. The lowest BCUT2D eigenvalue weighted by molar-refractivity contribution is -0.850. The zero-order chi connectivity index (χ0) is 35.9. The number of hydroxylamine groups is 1. The summed E-state index contributed by atoms with van der Waals surface area (Å²) < 4.78 is 64.7. The Balaban J connectivity index is 1.39. The van der Waals surface area contributed by atoms with Crippen molar-refractivity contribution in [1.29, 1.82) is 0 Å². The van der Waals surface area contributed by atoms with Crippen LogP contribution in [0, 0.1) is 0 Å². The van der Waals surface area contributed by atoms with Crippen molar-refractivity contribution in [2.24, 2.45) is 0 Å². The van der Waals surface area contributed by atoms with Gasteiger partial charge in [0.05, 0.1) is 27.8 Å². The van der Waals surface area contributed by atoms with E-state index < -0.39 is 26.0 Å². The standard InChI is InChI=1S/C39H47N3O6S2/c1-6-40-48-50(46,47)27-13-25-42-33-23-21-29-15-8-10-17-31(29)37(33)39(4,5)35(42)19-11-18-34-38(2,3)36-30-16-9-7-14-28(30)20-22-32(36)41(34)24-12-26-49(43,44)45/h7-11,14-23,34,40H,6,12-13,24-27H2,1-5H3,(H,43,44,45). The second kappa shape index (κ2) is 13.9. The van der Waals surface area contributed by atoms with Crippen molar-refractivity contribution in [3.63, 3.8) is 0 Å². The minimum atomic E-state index is -4.33. The lowest BCUT2D eigenvalue weighted by Gasteiger charge is -2.29. The normalized spacial score (nSPS) is 20.7. The lowest BCUT2D eigenvalue weighted by atomic mass is 9.78. The van der Waals surface area contributed by atoms with Crippen molar-refractivity contribution in [1.82, 2.24) is 5.48 Å². The van der Waals surface area contributed by atoms with Crippen LogP contribution < -0.4 is 15.3 Å². The number of benzene rings is 4. The van der Waals surface area contributed by atoms with Gasteiger partial charge in [0.2, 0.25) is 0 Å². The second-order valence-electron chi connectivity index (χ2n) is 14.4. The van der Waals surface area contributed by atoms with Gasteiger partial charge in [0.1, 0.15) is 11.7 Å². The van der Waals surface area contributed by atoms with Crippen molar-refractivity contribution in [3.8, 4) is 0 Å². The van der Waals surface area contributed by atoms with Gasteiger partial charge >= 0.3 is 0 Å². The molecule has 0 radical (unpaired) electrons. The Morgan fingerprint density at radius 1 is 0.860 bits per heavy atom. The summed E-state index contributed by atoms with van der Waals surface area (Å²) in [6.45, 7) is 12.0. The SMILES string of the molecule is CCNOS(=O)(=O)CCCN1C(=CC=CC2[NH+](CCCS(=O)(=O)[O-])c3ccc4ccccc4c3C2(C)C)C(C)(C)c2c1ccc1ccccc21. The number of rotatable bonds is 13. The van der Waals surface area contributed by atoms with E-state index in [1.54, 1.807) is 6.92 Å². The Morgan fingerprint density at radius 3 is 2.16 bits per heavy atom. The monoisotopic (exact) mass is 717 g/mol. The van der Waals surface area contributed by atoms with Crippen LogP contribution in [-0.4, -0.2) is 58.6 Å². The summed E-state index contributed by atoms with van der Waals surface area (Å²) in [6.07, 6.45) is 7.10. The fourth-order valence-electron chi connectivity index (χ4n) is 8.20. The van der Waals surface area contributed by atoms with Gasteiger partial charge in [0.15, 0.2) is 0 Å². The fraction of sp³-hybridized carbons (Fsp3) is 0.385. The van der Waals surface area contributed by atoms with Crippen LogP contribution in [-0.2, 0) is 35.4 Å². The van der Waals surface area contributed by atoms with Crippen LogP contribution in [0.4, 0.5) is 11.4 Å². The first kappa shape index (κ1) is 36.2. The van der Waals surface area contributed by atoms with Gasteiger partial charge in [-0.1, -0.05) is 81.4 Å². The van der Waals surface area contributed by atoms with Crippen molar-refractivity contribution >= 4 is 53.2 Å². The first-order valence-corrected chi connectivity index (χ1v) is 20.5. The predicted molar refractivity (Wildman–Crippen MR) is 200 cm³/mol. The molecule has 0 spiro atoms. The molecule has 4 aromatic carbocycles. The Morgan fingerprint density at radius 2 is 1.50 bits per heavy atom. The van der Waals surface area contributed by atoms with Crippen LogP contribution in [0.15, 0.2) is 96.7 Å². The molecule has 2 unspecified atom stereocenters. The van der Waals surface area contributed by atoms with E-state index in [0.717, 1.165) is 32.7 Å². The van der Waals surface area contributed by atoms with Crippen molar-refractivity contribution in [2.75, 3.05) is 36.0 Å². The molecule has 11 heteroatoms. The molecule has 6 rings (SSSR count). The topological polar surface area (TPSA) is 120 Å². The molecule has 0 amide bonds. The van der Waals surface area contributed by atoms with E-state index in [1.165, 1.54) is 21.9 Å². The van der Waals surface area contributed by atoms with E-state index in [1.807, 2.05) is 24.3 Å². The van der Waals surface area contributed by atoms with Crippen LogP contribution in [0.1, 0.15) is 58.6 Å². The molecule has 266 valence electrons. The number of nitrogens with one attached hydrogen (secondary N) is 2. The summed E-state index contributed by atoms with van der Waals surface area (Å²) in [6, 6.07) is 25.2. The number of anilines is 1. The van der Waals surface area contributed by atoms with E-state index in [4.69, 9.17) is 4.28 Å². The maximum atomic E-state index is 12.5. The Hall–Kier alpha value is -3.58. The molecule has 9 nitrogen and oxygen atoms in total. The van der Waals surface area contributed by atoms with Gasteiger partial charge in [-0.3, -0.25) is 4.90 Å². The highest BCUT2D eigenvalue weighted by Crippen LogP contribution is 2.51. The molecule has 0 aliphatic carbocycles. The molecule has 0 saturated heterocycles. The third kappa shape index (κ3) is 6.99. The van der Waals surface area contributed by atoms with Gasteiger partial charge in [-0.25, -0.2) is 8.42 Å². The summed E-state index contributed by atoms with van der Waals surface area (Å²) in [5.74, 6) is -0.520. The number of nitrogens with zero attached hydrogens (tertiary/aromatic N) is 1. The summed E-state index contributed by atoms with van der Waals surface area (Å²) in [4.78, 5) is 3.37. The smallest absolute Gasteiger partial charge is 0.283 e. The maximum Gasteiger partial charge on any atom is 0.283 e. The molecule has 0 aromatic heterocycles. The lowest BCUT2D eigenvalue weighted by Crippen LogP contribution is -3.10. The minimum Gasteiger partial charge on any atom is -0.748 e. The number of hydrogen-bond donors (Lipinski definition) is 2. The van der Waals surface area contributed by atoms with Crippen LogP contribution in [0.5, 0.6) is 0 Å². The largest absolute Gasteiger partial charge is 0.748 e. The molecule has 2 heterocycles. The van der Waals surface area contributed by atoms with Crippen LogP contribution in [0.3, 0.4) is 0 Å². The van der Waals surface area contributed by atoms with Crippen molar-refractivity contribution in [2.45, 2.75) is 64.3 Å². The average Bonchev–Trinajstić information content (AvgIpc) is 3.42. The third-order valence-electron chi connectivity index (χ3n) is 10.3. The molecular weight excluding hydrogens is 671 g/mol. The number of hydrogen-bond acceptors (Lipinski definition) is 8. The van der Waals surface area contributed by atoms with Crippen LogP contribution in [0.2, 0.25) is 0 Å². The highest BCUT2D eigenvalue weighted by Gasteiger charge is 2.49. The quantitative estimate of drug-likeness (QED) is 0.136. The van der Waals surface area contributed by atoms with Crippen molar-refractivity contribution < 1.29 is 30.6 Å². The van der Waals surface area contributed by atoms with Gasteiger partial charge < -0.3 is 9.45 Å². The zero-order valence-electron chi connectivity index (χ0n) is 29.4. The molecule has 0 bridgehead atoms. The Kier molecular flexibility index (Phi) is 10.0. The van der Waals surface area contributed by atoms with E-state index in [-0.39, 0.29) is 29.0 Å². The molecule has 2 aliphatic rings. The molecule has 4 aromatic rings. The molecular formula is C39H47N3O6S2. The summed E-state index contributed by atoms with van der Waals surface area (Å²) >= 11 is 0.